The third-order valence-electron chi connectivity index (χ3n) is 4.74. The zero-order valence-electron chi connectivity index (χ0n) is 13.9. The van der Waals surface area contributed by atoms with Crippen LogP contribution in [0.3, 0.4) is 0 Å². The lowest BCUT2D eigenvalue weighted by Gasteiger charge is -2.32. The molecule has 0 aromatic heterocycles. The maximum absolute atomic E-state index is 13.0. The lowest BCUT2D eigenvalue weighted by atomic mass is 9.71. The molecule has 23 heavy (non-hydrogen) atoms. The third-order valence-corrected chi connectivity index (χ3v) is 4.74. The first-order valence-corrected chi connectivity index (χ1v) is 8.34. The van der Waals surface area contributed by atoms with E-state index in [1.807, 2.05) is 24.3 Å². The molecule has 1 atom stereocenters. The van der Waals surface area contributed by atoms with Crippen molar-refractivity contribution in [3.8, 4) is 0 Å². The molecule has 1 heterocycles. The number of benzene rings is 1. The first-order valence-electron chi connectivity index (χ1n) is 8.34. The van der Waals surface area contributed by atoms with Crippen molar-refractivity contribution < 1.29 is 14.3 Å². The minimum Gasteiger partial charge on any atom is -0.430 e. The molecule has 1 aliphatic carbocycles. The average molecular weight is 310 g/mol. The van der Waals surface area contributed by atoms with Crippen molar-refractivity contribution in [3.63, 3.8) is 0 Å². The molecule has 1 unspecified atom stereocenters. The van der Waals surface area contributed by atoms with Crippen molar-refractivity contribution >= 4 is 17.3 Å². The van der Waals surface area contributed by atoms with Gasteiger partial charge in [-0.15, -0.1) is 0 Å². The van der Waals surface area contributed by atoms with Crippen molar-refractivity contribution in [2.45, 2.75) is 51.9 Å². The molecule has 1 aromatic carbocycles. The van der Waals surface area contributed by atoms with Gasteiger partial charge in [0.05, 0.1) is 0 Å². The van der Waals surface area contributed by atoms with Crippen LogP contribution in [0.5, 0.6) is 0 Å². The molecule has 3 heteroatoms. The zero-order chi connectivity index (χ0) is 16.6. The van der Waals surface area contributed by atoms with Crippen LogP contribution in [0.2, 0.25) is 0 Å². The fraction of sp³-hybridized carbons (Fsp3) is 0.400. The molecule has 1 spiro atoms. The van der Waals surface area contributed by atoms with Crippen molar-refractivity contribution in [1.29, 1.82) is 0 Å². The van der Waals surface area contributed by atoms with E-state index < -0.39 is 11.4 Å². The van der Waals surface area contributed by atoms with Crippen molar-refractivity contribution in [2.24, 2.45) is 0 Å². The minimum atomic E-state index is -1.25. The van der Waals surface area contributed by atoms with Gasteiger partial charge in [-0.25, -0.2) is 4.79 Å². The standard InChI is InChI=1S/C20H22O3/c1-4-8-14-15-10-6-7-11-17(15)20(16(14)9-5-2)18(21)12-13(3)23-19(20)22/h6-7,10-12H,4-5,8-9H2,1-3H3. The van der Waals surface area contributed by atoms with E-state index in [1.54, 1.807) is 6.92 Å². The molecule has 0 bridgehead atoms. The number of hydrogen-bond donors (Lipinski definition) is 0. The highest BCUT2D eigenvalue weighted by atomic mass is 16.5. The van der Waals surface area contributed by atoms with Gasteiger partial charge < -0.3 is 4.74 Å². The summed E-state index contributed by atoms with van der Waals surface area (Å²) < 4.78 is 5.42. The molecule has 3 rings (SSSR count). The normalized spacial score (nSPS) is 23.2. The van der Waals surface area contributed by atoms with Gasteiger partial charge in [0.2, 0.25) is 0 Å². The van der Waals surface area contributed by atoms with Gasteiger partial charge in [-0.05, 0) is 42.0 Å². The molecule has 0 N–H and O–H groups in total. The maximum Gasteiger partial charge on any atom is 0.333 e. The smallest absolute Gasteiger partial charge is 0.333 e. The van der Waals surface area contributed by atoms with Gasteiger partial charge in [0.15, 0.2) is 11.2 Å². The summed E-state index contributed by atoms with van der Waals surface area (Å²) in [6.07, 6.45) is 4.95. The minimum absolute atomic E-state index is 0.159. The number of fused-ring (bicyclic) bond motifs is 2. The Hall–Kier alpha value is -2.16. The Morgan fingerprint density at radius 2 is 1.74 bits per heavy atom. The molecular formula is C20H22O3. The zero-order valence-corrected chi connectivity index (χ0v) is 13.9. The Morgan fingerprint density at radius 3 is 2.39 bits per heavy atom. The van der Waals surface area contributed by atoms with E-state index in [0.29, 0.717) is 5.76 Å². The second kappa shape index (κ2) is 5.80. The summed E-state index contributed by atoms with van der Waals surface area (Å²) >= 11 is 0. The van der Waals surface area contributed by atoms with E-state index in [4.69, 9.17) is 4.74 Å². The monoisotopic (exact) mass is 310 g/mol. The van der Waals surface area contributed by atoms with Gasteiger partial charge in [0.1, 0.15) is 5.76 Å². The Kier molecular flexibility index (Phi) is 3.97. The predicted octanol–water partition coefficient (Wildman–Crippen LogP) is 4.32. The van der Waals surface area contributed by atoms with Gasteiger partial charge in [-0.2, -0.15) is 0 Å². The number of esters is 1. The second-order valence-corrected chi connectivity index (χ2v) is 6.26. The second-order valence-electron chi connectivity index (χ2n) is 6.26. The van der Waals surface area contributed by atoms with Crippen LogP contribution in [0.25, 0.3) is 5.57 Å². The first kappa shape index (κ1) is 15.7. The number of carbonyl (C=O) groups is 2. The summed E-state index contributed by atoms with van der Waals surface area (Å²) in [6, 6.07) is 7.79. The van der Waals surface area contributed by atoms with Crippen molar-refractivity contribution in [2.75, 3.05) is 0 Å². The molecule has 0 saturated heterocycles. The summed E-state index contributed by atoms with van der Waals surface area (Å²) in [5, 5.41) is 0. The van der Waals surface area contributed by atoms with Crippen molar-refractivity contribution in [1.82, 2.24) is 0 Å². The molecule has 1 aliphatic heterocycles. The van der Waals surface area contributed by atoms with E-state index in [-0.39, 0.29) is 5.78 Å². The Labute approximate surface area is 137 Å². The Balaban J connectivity index is 2.33. The summed E-state index contributed by atoms with van der Waals surface area (Å²) in [7, 11) is 0. The van der Waals surface area contributed by atoms with E-state index in [0.717, 1.165) is 48.0 Å². The van der Waals surface area contributed by atoms with Crippen LogP contribution in [0.4, 0.5) is 0 Å². The summed E-state index contributed by atoms with van der Waals surface area (Å²) in [5.41, 5.74) is 2.68. The van der Waals surface area contributed by atoms with Gasteiger partial charge in [0.25, 0.3) is 0 Å². The molecule has 0 radical (unpaired) electrons. The van der Waals surface area contributed by atoms with Crippen LogP contribution >= 0.6 is 0 Å². The van der Waals surface area contributed by atoms with E-state index in [1.165, 1.54) is 6.08 Å². The Bertz CT molecular complexity index is 739. The van der Waals surface area contributed by atoms with Gasteiger partial charge >= 0.3 is 5.97 Å². The summed E-state index contributed by atoms with van der Waals surface area (Å²) in [5.74, 6) is -0.222. The van der Waals surface area contributed by atoms with E-state index >= 15 is 0 Å². The number of rotatable bonds is 4. The molecular weight excluding hydrogens is 288 g/mol. The maximum atomic E-state index is 13.0. The quantitative estimate of drug-likeness (QED) is 0.614. The number of allylic oxidation sites excluding steroid dienone is 3. The lowest BCUT2D eigenvalue weighted by Crippen LogP contribution is -2.47. The number of ketones is 1. The fourth-order valence-corrected chi connectivity index (χ4v) is 3.91. The van der Waals surface area contributed by atoms with Crippen molar-refractivity contribution in [3.05, 3.63) is 52.8 Å². The SMILES string of the molecule is CCCC1=C(CCC)C2(C(=O)C=C(C)OC2=O)c2ccccc21. The molecule has 0 fully saturated rings. The van der Waals surface area contributed by atoms with E-state index in [9.17, 15) is 9.59 Å². The van der Waals surface area contributed by atoms with Crippen LogP contribution in [0.15, 0.2) is 41.7 Å². The van der Waals surface area contributed by atoms with Gasteiger partial charge in [-0.1, -0.05) is 51.0 Å². The number of hydrogen-bond acceptors (Lipinski definition) is 3. The largest absolute Gasteiger partial charge is 0.430 e. The highest BCUT2D eigenvalue weighted by Gasteiger charge is 2.57. The number of ether oxygens (including phenoxy) is 1. The molecule has 120 valence electrons. The number of cyclic esters (lactones) is 1. The highest BCUT2D eigenvalue weighted by molar-refractivity contribution is 6.22. The Morgan fingerprint density at radius 1 is 1.04 bits per heavy atom. The van der Waals surface area contributed by atoms with Crippen LogP contribution in [-0.4, -0.2) is 11.8 Å². The lowest BCUT2D eigenvalue weighted by molar-refractivity contribution is -0.149. The molecule has 0 amide bonds. The fourth-order valence-electron chi connectivity index (χ4n) is 3.91. The van der Waals surface area contributed by atoms with Gasteiger partial charge in [0, 0.05) is 6.08 Å². The van der Waals surface area contributed by atoms with Crippen LogP contribution in [-0.2, 0) is 19.7 Å². The van der Waals surface area contributed by atoms with Gasteiger partial charge in [-0.3, -0.25) is 4.79 Å². The van der Waals surface area contributed by atoms with E-state index in [2.05, 4.69) is 13.8 Å². The van der Waals surface area contributed by atoms with Crippen LogP contribution < -0.4 is 0 Å². The summed E-state index contributed by atoms with van der Waals surface area (Å²) in [6.45, 7) is 5.85. The van der Waals surface area contributed by atoms with Crippen LogP contribution in [0, 0.1) is 0 Å². The third kappa shape index (κ3) is 2.10. The highest BCUT2D eigenvalue weighted by Crippen LogP contribution is 2.52. The molecule has 1 aromatic rings. The number of carbonyl (C=O) groups excluding carboxylic acids is 2. The molecule has 2 aliphatic rings. The summed E-state index contributed by atoms with van der Waals surface area (Å²) in [4.78, 5) is 25.9. The molecule has 3 nitrogen and oxygen atoms in total. The van der Waals surface area contributed by atoms with Crippen LogP contribution in [0.1, 0.15) is 57.6 Å². The first-order chi connectivity index (χ1) is 11.1. The predicted molar refractivity (Wildman–Crippen MR) is 89.7 cm³/mol. The topological polar surface area (TPSA) is 43.4 Å². The average Bonchev–Trinajstić information content (AvgIpc) is 2.78. The molecule has 0 saturated carbocycles.